The van der Waals surface area contributed by atoms with Crippen LogP contribution in [0.5, 0.6) is 0 Å². The third kappa shape index (κ3) is 4.50. The summed E-state index contributed by atoms with van der Waals surface area (Å²) in [6, 6.07) is -2.29. The lowest BCUT2D eigenvalue weighted by Gasteiger charge is -2.12. The van der Waals surface area contributed by atoms with Crippen LogP contribution in [0.1, 0.15) is 19.8 Å². The highest BCUT2D eigenvalue weighted by Crippen LogP contribution is 2.44. The smallest absolute Gasteiger partial charge is 0.359 e. The van der Waals surface area contributed by atoms with Gasteiger partial charge in [-0.2, -0.15) is 0 Å². The first-order valence-corrected chi connectivity index (χ1v) is 4.98. The van der Waals surface area contributed by atoms with Crippen molar-refractivity contribution in [3.63, 3.8) is 0 Å². The molecule has 0 fully saturated rings. The largest absolute Gasteiger partial charge is 0.383 e. The molecular formula is C5H13O5P. The molecule has 0 rings (SSSR count). The molecule has 3 N–H and O–H groups in total. The second-order valence-electron chi connectivity index (χ2n) is 2.10. The molecule has 6 heteroatoms. The van der Waals surface area contributed by atoms with Crippen molar-refractivity contribution in [3.05, 3.63) is 0 Å². The van der Waals surface area contributed by atoms with Gasteiger partial charge in [-0.25, -0.2) is 0 Å². The predicted molar refractivity (Wildman–Crippen MR) is 38.9 cm³/mol. The van der Waals surface area contributed by atoms with E-state index in [0.29, 0.717) is 6.42 Å². The SMILES string of the molecule is CCCCOP(=O)(O)C(O)O. The van der Waals surface area contributed by atoms with Crippen molar-refractivity contribution in [2.45, 2.75) is 25.8 Å². The molecule has 5 nitrogen and oxygen atoms in total. The van der Waals surface area contributed by atoms with Crippen LogP contribution in [0, 0.1) is 0 Å². The second kappa shape index (κ2) is 4.85. The van der Waals surface area contributed by atoms with E-state index in [1.54, 1.807) is 0 Å². The standard InChI is InChI=1S/C5H13O5P/c1-2-3-4-10-11(8,9)5(6)7/h5-7H,2-4H2,1H3,(H,8,9). The summed E-state index contributed by atoms with van der Waals surface area (Å²) >= 11 is 0. The molecule has 0 saturated carbocycles. The fourth-order valence-electron chi connectivity index (χ4n) is 0.406. The van der Waals surface area contributed by atoms with Crippen LogP contribution < -0.4 is 0 Å². The van der Waals surface area contributed by atoms with Crippen LogP contribution in [0.15, 0.2) is 0 Å². The zero-order valence-electron chi connectivity index (χ0n) is 6.30. The van der Waals surface area contributed by atoms with Crippen LogP contribution in [-0.2, 0) is 9.09 Å². The number of aliphatic hydroxyl groups is 2. The van der Waals surface area contributed by atoms with E-state index < -0.39 is 13.6 Å². The summed E-state index contributed by atoms with van der Waals surface area (Å²) in [5.74, 6) is 0. The van der Waals surface area contributed by atoms with Gasteiger partial charge in [0.15, 0.2) is 0 Å². The van der Waals surface area contributed by atoms with Gasteiger partial charge in [-0.15, -0.1) is 0 Å². The van der Waals surface area contributed by atoms with E-state index in [0.717, 1.165) is 6.42 Å². The van der Waals surface area contributed by atoms with Crippen molar-refractivity contribution >= 4 is 7.60 Å². The van der Waals surface area contributed by atoms with Crippen molar-refractivity contribution in [3.8, 4) is 0 Å². The molecule has 0 amide bonds. The number of rotatable bonds is 5. The molecule has 0 aromatic carbocycles. The zero-order valence-corrected chi connectivity index (χ0v) is 7.20. The molecule has 0 aromatic heterocycles. The normalized spacial score (nSPS) is 16.8. The maximum atomic E-state index is 10.6. The Bertz CT molecular complexity index is 146. The monoisotopic (exact) mass is 184 g/mol. The molecule has 1 atom stereocenters. The summed E-state index contributed by atoms with van der Waals surface area (Å²) in [5.41, 5.74) is 0. The van der Waals surface area contributed by atoms with Crippen LogP contribution in [0.3, 0.4) is 0 Å². The fourth-order valence-corrected chi connectivity index (χ4v) is 0.930. The van der Waals surface area contributed by atoms with Crippen LogP contribution >= 0.6 is 7.60 Å². The minimum Gasteiger partial charge on any atom is -0.359 e. The van der Waals surface area contributed by atoms with E-state index in [4.69, 9.17) is 15.1 Å². The third-order valence-electron chi connectivity index (χ3n) is 1.07. The molecule has 0 spiro atoms. The summed E-state index contributed by atoms with van der Waals surface area (Å²) < 4.78 is 15.0. The Hall–Kier alpha value is 0.0700. The first-order valence-electron chi connectivity index (χ1n) is 3.34. The number of hydrogen-bond donors (Lipinski definition) is 3. The molecule has 68 valence electrons. The number of hydrogen-bond acceptors (Lipinski definition) is 4. The Morgan fingerprint density at radius 1 is 1.55 bits per heavy atom. The Labute approximate surface area is 65.2 Å². The van der Waals surface area contributed by atoms with E-state index in [1.165, 1.54) is 0 Å². The summed E-state index contributed by atoms with van der Waals surface area (Å²) in [4.78, 5) is 8.65. The minimum absolute atomic E-state index is 0.0713. The summed E-state index contributed by atoms with van der Waals surface area (Å²) in [7, 11) is -4.18. The topological polar surface area (TPSA) is 87.0 Å². The van der Waals surface area contributed by atoms with Crippen LogP contribution in [0.25, 0.3) is 0 Å². The molecular weight excluding hydrogens is 171 g/mol. The van der Waals surface area contributed by atoms with Gasteiger partial charge in [0.25, 0.3) is 6.03 Å². The van der Waals surface area contributed by atoms with E-state index in [2.05, 4.69) is 4.52 Å². The van der Waals surface area contributed by atoms with Gasteiger partial charge >= 0.3 is 7.60 Å². The second-order valence-corrected chi connectivity index (χ2v) is 3.95. The van der Waals surface area contributed by atoms with Gasteiger partial charge in [-0.1, -0.05) is 13.3 Å². The lowest BCUT2D eigenvalue weighted by molar-refractivity contribution is 0.00294. The molecule has 1 unspecified atom stereocenters. The fraction of sp³-hybridized carbons (Fsp3) is 1.00. The molecule has 0 heterocycles. The Balaban J connectivity index is 3.65. The van der Waals surface area contributed by atoms with Gasteiger partial charge in [-0.3, -0.25) is 4.57 Å². The van der Waals surface area contributed by atoms with Gasteiger partial charge < -0.3 is 19.6 Å². The highest BCUT2D eigenvalue weighted by atomic mass is 31.2. The van der Waals surface area contributed by atoms with E-state index in [-0.39, 0.29) is 6.61 Å². The first kappa shape index (κ1) is 11.1. The summed E-state index contributed by atoms with van der Waals surface area (Å²) in [6.07, 6.45) is 1.44. The van der Waals surface area contributed by atoms with Crippen LogP contribution in [-0.4, -0.2) is 27.7 Å². The molecule has 0 bridgehead atoms. The lowest BCUT2D eigenvalue weighted by Crippen LogP contribution is -2.08. The Kier molecular flexibility index (Phi) is 4.88. The zero-order chi connectivity index (χ0) is 8.91. The third-order valence-corrected chi connectivity index (χ3v) is 2.20. The first-order chi connectivity index (χ1) is 5.00. The van der Waals surface area contributed by atoms with Gasteiger partial charge in [-0.05, 0) is 6.42 Å². The van der Waals surface area contributed by atoms with E-state index in [9.17, 15) is 4.57 Å². The molecule has 0 radical (unpaired) electrons. The van der Waals surface area contributed by atoms with Gasteiger partial charge in [0, 0.05) is 0 Å². The Morgan fingerprint density at radius 2 is 2.09 bits per heavy atom. The maximum absolute atomic E-state index is 10.6. The van der Waals surface area contributed by atoms with E-state index in [1.807, 2.05) is 6.92 Å². The van der Waals surface area contributed by atoms with Crippen molar-refractivity contribution in [2.24, 2.45) is 0 Å². The van der Waals surface area contributed by atoms with Crippen molar-refractivity contribution in [1.82, 2.24) is 0 Å². The maximum Gasteiger partial charge on any atom is 0.383 e. The quantitative estimate of drug-likeness (QED) is 0.324. The van der Waals surface area contributed by atoms with Gasteiger partial charge in [0.05, 0.1) is 6.61 Å². The highest BCUT2D eigenvalue weighted by Gasteiger charge is 2.28. The summed E-state index contributed by atoms with van der Waals surface area (Å²) in [6.45, 7) is 1.96. The average molecular weight is 184 g/mol. The highest BCUT2D eigenvalue weighted by molar-refractivity contribution is 7.53. The molecule has 0 aliphatic rings. The van der Waals surface area contributed by atoms with Crippen molar-refractivity contribution in [1.29, 1.82) is 0 Å². The molecule has 0 aliphatic carbocycles. The molecule has 0 saturated heterocycles. The van der Waals surface area contributed by atoms with Gasteiger partial charge in [0.1, 0.15) is 0 Å². The molecule has 0 aromatic rings. The van der Waals surface area contributed by atoms with Gasteiger partial charge in [0.2, 0.25) is 0 Å². The average Bonchev–Trinajstić information content (AvgIpc) is 1.88. The Morgan fingerprint density at radius 3 is 2.45 bits per heavy atom. The van der Waals surface area contributed by atoms with Crippen LogP contribution in [0.4, 0.5) is 0 Å². The van der Waals surface area contributed by atoms with E-state index >= 15 is 0 Å². The van der Waals surface area contributed by atoms with Crippen molar-refractivity contribution in [2.75, 3.05) is 6.61 Å². The lowest BCUT2D eigenvalue weighted by atomic mass is 10.4. The molecule has 0 aliphatic heterocycles. The predicted octanol–water partition coefficient (Wildman–Crippen LogP) is 0.257. The van der Waals surface area contributed by atoms with Crippen molar-refractivity contribution < 1.29 is 24.2 Å². The number of unbranched alkanes of at least 4 members (excludes halogenated alkanes) is 1. The minimum atomic E-state index is -4.18. The number of aliphatic hydroxyl groups excluding tert-OH is 1. The summed E-state index contributed by atoms with van der Waals surface area (Å²) in [5, 5.41) is 16.6. The molecule has 11 heavy (non-hydrogen) atoms. The van der Waals surface area contributed by atoms with Crippen LogP contribution in [0.2, 0.25) is 0 Å².